The van der Waals surface area contributed by atoms with Crippen LogP contribution in [0.2, 0.25) is 0 Å². The fourth-order valence-corrected chi connectivity index (χ4v) is 8.12. The molecule has 0 amide bonds. The minimum absolute atomic E-state index is 1.14. The fraction of sp³-hybridized carbons (Fsp3) is 0.950. The molecule has 2 nitrogen and oxygen atoms in total. The summed E-state index contributed by atoms with van der Waals surface area (Å²) in [6, 6.07) is 0. The van der Waals surface area contributed by atoms with Crippen molar-refractivity contribution < 1.29 is 8.97 Å². The van der Waals surface area contributed by atoms with Gasteiger partial charge in [0, 0.05) is 25.7 Å². The van der Waals surface area contributed by atoms with E-state index in [1.165, 1.54) is 228 Å². The number of nitrogens with zero attached hydrogens (tertiary/aromatic N) is 2. The van der Waals surface area contributed by atoms with Crippen LogP contribution >= 0.6 is 0 Å². The summed E-state index contributed by atoms with van der Waals surface area (Å²) in [5.41, 5.74) is 0. The Morgan fingerprint density at radius 2 is 0.595 bits per heavy atom. The van der Waals surface area contributed by atoms with E-state index in [9.17, 15) is 0 Å². The van der Waals surface area contributed by atoms with Gasteiger partial charge in [-0.15, -0.1) is 0 Å². The maximum atomic E-state index is 3.66. The zero-order chi connectivity index (χ0) is 29.9. The quantitative estimate of drug-likeness (QED) is 0.0486. The van der Waals surface area contributed by atoms with E-state index in [2.05, 4.69) is 25.7 Å². The lowest BCUT2D eigenvalue weighted by Crippen LogP contribution is -2.46. The molecule has 0 aliphatic carbocycles. The summed E-state index contributed by atoms with van der Waals surface area (Å²) in [4.78, 5) is 0. The first kappa shape index (κ1) is 37.7. The van der Waals surface area contributed by atoms with Crippen LogP contribution in [-0.2, 0) is 0 Å². The van der Waals surface area contributed by atoms with Gasteiger partial charge in [-0.3, -0.25) is 0 Å². The maximum absolute atomic E-state index is 3.66. The van der Waals surface area contributed by atoms with Gasteiger partial charge in [0.2, 0.25) is 0 Å². The Labute approximate surface area is 266 Å². The third kappa shape index (κ3) is 18.3. The van der Waals surface area contributed by atoms with Crippen LogP contribution in [-0.4, -0.2) is 61.3 Å². The number of unbranched alkanes of at least 4 members (excludes halogenated alkanes) is 20. The van der Waals surface area contributed by atoms with Gasteiger partial charge in [-0.2, -0.15) is 0 Å². The second kappa shape index (κ2) is 25.8. The zero-order valence-corrected chi connectivity index (χ0v) is 29.4. The summed E-state index contributed by atoms with van der Waals surface area (Å²) in [6.45, 7) is 15.8. The monoisotopic (exact) mass is 587 g/mol. The lowest BCUT2D eigenvalue weighted by Gasteiger charge is -2.34. The number of likely N-dealkylation sites (tertiary alicyclic amines) is 2. The van der Waals surface area contributed by atoms with Crippen molar-refractivity contribution >= 4 is 0 Å². The zero-order valence-electron chi connectivity index (χ0n) is 29.4. The van der Waals surface area contributed by atoms with E-state index >= 15 is 0 Å². The smallest absolute Gasteiger partial charge is 0.0897 e. The van der Waals surface area contributed by atoms with Crippen molar-refractivity contribution in [1.29, 1.82) is 0 Å². The number of quaternary nitrogens is 2. The van der Waals surface area contributed by atoms with Crippen molar-refractivity contribution in [1.82, 2.24) is 0 Å². The first-order chi connectivity index (χ1) is 20.7. The number of hydrogen-bond acceptors (Lipinski definition) is 0. The largest absolute Gasteiger partial charge is 0.323 e. The summed E-state index contributed by atoms with van der Waals surface area (Å²) in [7, 11) is 0. The maximum Gasteiger partial charge on any atom is 0.0897 e. The third-order valence-corrected chi connectivity index (χ3v) is 11.0. The predicted molar refractivity (Wildman–Crippen MR) is 188 cm³/mol. The van der Waals surface area contributed by atoms with Gasteiger partial charge in [0.25, 0.3) is 0 Å². The molecule has 0 bridgehead atoms. The van der Waals surface area contributed by atoms with Crippen molar-refractivity contribution in [3.8, 4) is 11.8 Å². The molecule has 42 heavy (non-hydrogen) atoms. The molecular weight excluding hydrogens is 508 g/mol. The van der Waals surface area contributed by atoms with E-state index in [0.29, 0.717) is 0 Å². The summed E-state index contributed by atoms with van der Waals surface area (Å²) < 4.78 is 2.79. The topological polar surface area (TPSA) is 0 Å². The molecule has 2 rings (SSSR count). The second-order valence-corrected chi connectivity index (χ2v) is 14.8. The highest BCUT2D eigenvalue weighted by molar-refractivity contribution is 4.98. The summed E-state index contributed by atoms with van der Waals surface area (Å²) in [5.74, 6) is 7.31. The second-order valence-electron chi connectivity index (χ2n) is 14.8. The van der Waals surface area contributed by atoms with Crippen LogP contribution in [0.5, 0.6) is 0 Å². The van der Waals surface area contributed by atoms with Crippen molar-refractivity contribution in [2.75, 3.05) is 52.4 Å². The molecule has 2 aliphatic heterocycles. The van der Waals surface area contributed by atoms with E-state index in [4.69, 9.17) is 0 Å². The number of hydrogen-bond donors (Lipinski definition) is 0. The molecule has 2 heteroatoms. The molecule has 2 saturated heterocycles. The van der Waals surface area contributed by atoms with Crippen LogP contribution in [0.25, 0.3) is 0 Å². The molecule has 0 unspecified atom stereocenters. The average molecular weight is 587 g/mol. The van der Waals surface area contributed by atoms with E-state index < -0.39 is 0 Å². The molecule has 0 atom stereocenters. The van der Waals surface area contributed by atoms with Gasteiger partial charge in [0.05, 0.1) is 65.2 Å². The Bertz CT molecular complexity index is 592. The van der Waals surface area contributed by atoms with Gasteiger partial charge >= 0.3 is 0 Å². The van der Waals surface area contributed by atoms with Gasteiger partial charge < -0.3 is 8.97 Å². The van der Waals surface area contributed by atoms with Crippen molar-refractivity contribution in [3.05, 3.63) is 0 Å². The van der Waals surface area contributed by atoms with Crippen LogP contribution in [0, 0.1) is 11.8 Å². The molecule has 0 radical (unpaired) electrons. The van der Waals surface area contributed by atoms with Gasteiger partial charge in [-0.1, -0.05) is 141 Å². The highest BCUT2D eigenvalue weighted by Gasteiger charge is 2.31. The molecule has 0 aromatic carbocycles. The van der Waals surface area contributed by atoms with Gasteiger partial charge in [0.15, 0.2) is 0 Å². The molecule has 2 fully saturated rings. The molecule has 2 aliphatic rings. The van der Waals surface area contributed by atoms with Crippen LogP contribution in [0.4, 0.5) is 0 Å². The lowest BCUT2D eigenvalue weighted by molar-refractivity contribution is -0.916. The Hall–Kier alpha value is -0.520. The summed E-state index contributed by atoms with van der Waals surface area (Å²) in [5, 5.41) is 0. The van der Waals surface area contributed by atoms with E-state index in [0.717, 1.165) is 12.8 Å². The molecule has 2 heterocycles. The standard InChI is InChI=1S/C40H78N2/c1-3-5-7-9-11-13-15-17-19-21-25-33-41(37-29-30-38-41)35-27-23-24-28-36-42(39-31-32-40-42)34-26-22-20-18-16-14-12-10-8-6-4-2/h3-22,25-40H2,1-2H3/q+2. The van der Waals surface area contributed by atoms with Crippen molar-refractivity contribution in [2.45, 2.75) is 194 Å². The fourth-order valence-electron chi connectivity index (χ4n) is 8.12. The van der Waals surface area contributed by atoms with Crippen LogP contribution in [0.15, 0.2) is 0 Å². The average Bonchev–Trinajstić information content (AvgIpc) is 3.67. The molecule has 0 N–H and O–H groups in total. The summed E-state index contributed by atoms with van der Waals surface area (Å²) >= 11 is 0. The minimum Gasteiger partial charge on any atom is -0.323 e. The van der Waals surface area contributed by atoms with Crippen molar-refractivity contribution in [2.24, 2.45) is 0 Å². The predicted octanol–water partition coefficient (Wildman–Crippen LogP) is 11.6. The normalized spacial score (nSPS) is 17.5. The minimum atomic E-state index is 1.14. The molecular formula is C40H78N2+2. The SMILES string of the molecule is CCCCCCCCCCCCC[N+]1(CCC#CCC[N+]2(CCCCCCCCCCCCC)CCCC2)CCCC1. The lowest BCUT2D eigenvalue weighted by atomic mass is 10.1. The molecule has 246 valence electrons. The molecule has 0 aromatic heterocycles. The Kier molecular flexibility index (Phi) is 23.1. The van der Waals surface area contributed by atoms with Gasteiger partial charge in [-0.25, -0.2) is 0 Å². The third-order valence-electron chi connectivity index (χ3n) is 11.0. The van der Waals surface area contributed by atoms with E-state index in [1.807, 2.05) is 0 Å². The highest BCUT2D eigenvalue weighted by atomic mass is 15.4. The van der Waals surface area contributed by atoms with Crippen LogP contribution in [0.3, 0.4) is 0 Å². The Morgan fingerprint density at radius 1 is 0.333 bits per heavy atom. The Morgan fingerprint density at radius 3 is 0.881 bits per heavy atom. The van der Waals surface area contributed by atoms with Crippen LogP contribution < -0.4 is 0 Å². The van der Waals surface area contributed by atoms with Gasteiger partial charge in [-0.05, 0) is 25.7 Å². The first-order valence-electron chi connectivity index (χ1n) is 19.9. The molecule has 0 saturated carbocycles. The van der Waals surface area contributed by atoms with E-state index in [-0.39, 0.29) is 0 Å². The first-order valence-corrected chi connectivity index (χ1v) is 19.9. The summed E-state index contributed by atoms with van der Waals surface area (Å²) in [6.07, 6.45) is 40.1. The van der Waals surface area contributed by atoms with Gasteiger partial charge in [0.1, 0.15) is 0 Å². The van der Waals surface area contributed by atoms with E-state index in [1.54, 1.807) is 0 Å². The Balaban J connectivity index is 1.52. The van der Waals surface area contributed by atoms with Crippen molar-refractivity contribution in [3.63, 3.8) is 0 Å². The highest BCUT2D eigenvalue weighted by Crippen LogP contribution is 2.23. The molecule has 0 aromatic rings. The number of rotatable bonds is 28. The molecule has 0 spiro atoms. The van der Waals surface area contributed by atoms with Crippen LogP contribution in [0.1, 0.15) is 194 Å².